The number of phenolic OH excluding ortho intramolecular Hbond substituents is 1. The summed E-state index contributed by atoms with van der Waals surface area (Å²) in [4.78, 5) is 8.62. The highest BCUT2D eigenvalue weighted by Crippen LogP contribution is 2.32. The number of anilines is 1. The van der Waals surface area contributed by atoms with E-state index < -0.39 is 18.8 Å². The molecule has 1 unspecified atom stereocenters. The number of ether oxygens (including phenoxy) is 1. The zero-order chi connectivity index (χ0) is 25.0. The summed E-state index contributed by atoms with van der Waals surface area (Å²) in [6.07, 6.45) is -1.10. The molecule has 3 aromatic rings. The summed E-state index contributed by atoms with van der Waals surface area (Å²) in [5, 5.41) is 16.4. The van der Waals surface area contributed by atoms with Gasteiger partial charge in [-0.1, -0.05) is 30.3 Å². The van der Waals surface area contributed by atoms with Gasteiger partial charge >= 0.3 is 6.18 Å². The van der Waals surface area contributed by atoms with Gasteiger partial charge in [-0.25, -0.2) is 4.99 Å². The van der Waals surface area contributed by atoms with E-state index in [2.05, 4.69) is 20.6 Å². The highest BCUT2D eigenvalue weighted by atomic mass is 19.4. The lowest BCUT2D eigenvalue weighted by atomic mass is 10.0. The van der Waals surface area contributed by atoms with Crippen molar-refractivity contribution in [2.24, 2.45) is 10.7 Å². The minimum Gasteiger partial charge on any atom is -0.508 e. The molecule has 0 amide bonds. The van der Waals surface area contributed by atoms with Crippen molar-refractivity contribution >= 4 is 17.3 Å². The number of aromatic nitrogens is 1. The smallest absolute Gasteiger partial charge is 0.422 e. The number of nitrogens with one attached hydrogen (secondary N) is 2. The summed E-state index contributed by atoms with van der Waals surface area (Å²) in [6, 6.07) is 15.5. The monoisotopic (exact) mass is 483 g/mol. The van der Waals surface area contributed by atoms with E-state index in [-0.39, 0.29) is 17.5 Å². The largest absolute Gasteiger partial charge is 0.508 e. The molecule has 0 saturated carbocycles. The van der Waals surface area contributed by atoms with Crippen LogP contribution >= 0.6 is 0 Å². The van der Waals surface area contributed by atoms with Gasteiger partial charge in [0.15, 0.2) is 12.6 Å². The molecule has 4 rings (SSSR count). The highest BCUT2D eigenvalue weighted by Gasteiger charge is 2.28. The maximum absolute atomic E-state index is 12.5. The Morgan fingerprint density at radius 3 is 2.57 bits per heavy atom. The topological polar surface area (TPSA) is 105 Å². The zero-order valence-electron chi connectivity index (χ0n) is 18.8. The van der Waals surface area contributed by atoms with E-state index in [1.165, 1.54) is 12.3 Å². The van der Waals surface area contributed by atoms with Gasteiger partial charge in [-0.2, -0.15) is 13.2 Å². The summed E-state index contributed by atoms with van der Waals surface area (Å²) in [5.74, 6) is 0.535. The Morgan fingerprint density at radius 2 is 1.86 bits per heavy atom. The number of phenols is 1. The summed E-state index contributed by atoms with van der Waals surface area (Å²) in [5.41, 5.74) is 10.2. The van der Waals surface area contributed by atoms with E-state index >= 15 is 0 Å². The van der Waals surface area contributed by atoms with Crippen LogP contribution in [0.5, 0.6) is 11.5 Å². The number of aliphatic imine (C=N–C) groups is 1. The third kappa shape index (κ3) is 6.03. The number of hydrogen-bond donors (Lipinski definition) is 4. The van der Waals surface area contributed by atoms with Crippen molar-refractivity contribution in [3.8, 4) is 11.5 Å². The quantitative estimate of drug-likeness (QED) is 0.390. The van der Waals surface area contributed by atoms with Crippen molar-refractivity contribution < 1.29 is 23.0 Å². The third-order valence-corrected chi connectivity index (χ3v) is 5.43. The van der Waals surface area contributed by atoms with Crippen LogP contribution in [0, 0.1) is 6.92 Å². The number of pyridine rings is 1. The molecular formula is C25H24F3N5O2. The van der Waals surface area contributed by atoms with Crippen molar-refractivity contribution in [3.63, 3.8) is 0 Å². The number of guanidine groups is 1. The molecule has 10 heteroatoms. The van der Waals surface area contributed by atoms with Crippen LogP contribution < -0.4 is 21.1 Å². The van der Waals surface area contributed by atoms with Crippen molar-refractivity contribution in [2.45, 2.75) is 25.7 Å². The molecule has 7 nitrogen and oxygen atoms in total. The molecule has 2 heterocycles. The van der Waals surface area contributed by atoms with Crippen LogP contribution in [0.15, 0.2) is 71.9 Å². The summed E-state index contributed by atoms with van der Waals surface area (Å²) >= 11 is 0. The van der Waals surface area contributed by atoms with E-state index in [1.54, 1.807) is 25.1 Å². The molecular weight excluding hydrogens is 459 g/mol. The van der Waals surface area contributed by atoms with Gasteiger partial charge in [0, 0.05) is 28.7 Å². The average Bonchev–Trinajstić information content (AvgIpc) is 2.82. The number of halogens is 3. The molecule has 0 saturated heterocycles. The van der Waals surface area contributed by atoms with Crippen LogP contribution in [-0.4, -0.2) is 28.8 Å². The number of nitrogens with zero attached hydrogens (tertiary/aromatic N) is 2. The first-order valence-corrected chi connectivity index (χ1v) is 10.8. The second-order valence-corrected chi connectivity index (χ2v) is 7.94. The normalized spacial score (nSPS) is 15.6. The Balaban J connectivity index is 1.44. The summed E-state index contributed by atoms with van der Waals surface area (Å²) in [7, 11) is 0. The number of rotatable bonds is 7. The maximum Gasteiger partial charge on any atom is 0.422 e. The molecule has 0 aliphatic carbocycles. The van der Waals surface area contributed by atoms with Gasteiger partial charge in [-0.3, -0.25) is 4.98 Å². The molecule has 1 aliphatic rings. The van der Waals surface area contributed by atoms with Crippen LogP contribution in [0.1, 0.15) is 28.4 Å². The average molecular weight is 483 g/mol. The van der Waals surface area contributed by atoms with Crippen LogP contribution in [-0.2, 0) is 6.54 Å². The number of nitrogens with two attached hydrogens (primary N) is 1. The van der Waals surface area contributed by atoms with Gasteiger partial charge in [-0.15, -0.1) is 0 Å². The lowest BCUT2D eigenvalue weighted by Gasteiger charge is -2.21. The van der Waals surface area contributed by atoms with Gasteiger partial charge in [0.2, 0.25) is 0 Å². The Kier molecular flexibility index (Phi) is 6.81. The van der Waals surface area contributed by atoms with Crippen LogP contribution in [0.25, 0.3) is 5.70 Å². The standard InChI is InChI=1S/C25H24F3N5O2/c1-15-21(30-11-10-23(15)35-14-25(26,27)28)13-31-17-8-6-16(7-9-17)19-12-20(33-24(29)32-19)18-4-2-3-5-22(18)34/h2-12,20,31,34H,13-14H2,1H3,(H3,29,32,33). The lowest BCUT2D eigenvalue weighted by molar-refractivity contribution is -0.153. The number of aromatic hydroxyl groups is 1. The number of hydrogen-bond acceptors (Lipinski definition) is 7. The second-order valence-electron chi connectivity index (χ2n) is 7.94. The maximum atomic E-state index is 12.5. The molecule has 1 aliphatic heterocycles. The van der Waals surface area contributed by atoms with Gasteiger partial charge in [0.25, 0.3) is 0 Å². The van der Waals surface area contributed by atoms with E-state index in [0.29, 0.717) is 23.4 Å². The predicted molar refractivity (Wildman–Crippen MR) is 128 cm³/mol. The van der Waals surface area contributed by atoms with Crippen molar-refractivity contribution in [1.82, 2.24) is 10.3 Å². The van der Waals surface area contributed by atoms with Crippen LogP contribution in [0.3, 0.4) is 0 Å². The molecule has 1 atom stereocenters. The van der Waals surface area contributed by atoms with Crippen LogP contribution in [0.2, 0.25) is 0 Å². The molecule has 35 heavy (non-hydrogen) atoms. The molecule has 2 aromatic carbocycles. The molecule has 182 valence electrons. The first-order chi connectivity index (χ1) is 16.7. The summed E-state index contributed by atoms with van der Waals surface area (Å²) < 4.78 is 42.3. The van der Waals surface area contributed by atoms with Gasteiger partial charge < -0.3 is 26.2 Å². The Morgan fingerprint density at radius 1 is 1.11 bits per heavy atom. The molecule has 5 N–H and O–H groups in total. The minimum absolute atomic E-state index is 0.142. The first kappa shape index (κ1) is 23.9. The molecule has 0 fully saturated rings. The van der Waals surface area contributed by atoms with Crippen molar-refractivity contribution in [3.05, 3.63) is 89.3 Å². The fourth-order valence-corrected chi connectivity index (χ4v) is 3.63. The van der Waals surface area contributed by atoms with E-state index in [9.17, 15) is 18.3 Å². The summed E-state index contributed by atoms with van der Waals surface area (Å²) in [6.45, 7) is 0.632. The fourth-order valence-electron chi connectivity index (χ4n) is 3.63. The number of alkyl halides is 3. The van der Waals surface area contributed by atoms with Gasteiger partial charge in [0.05, 0.1) is 12.2 Å². The van der Waals surface area contributed by atoms with E-state index in [0.717, 1.165) is 16.9 Å². The zero-order valence-corrected chi connectivity index (χ0v) is 18.8. The van der Waals surface area contributed by atoms with Crippen molar-refractivity contribution in [2.75, 3.05) is 11.9 Å². The molecule has 0 bridgehead atoms. The van der Waals surface area contributed by atoms with Crippen LogP contribution in [0.4, 0.5) is 18.9 Å². The molecule has 1 aromatic heterocycles. The van der Waals surface area contributed by atoms with E-state index in [4.69, 9.17) is 10.5 Å². The Hall–Kier alpha value is -4.21. The minimum atomic E-state index is -4.41. The number of benzene rings is 2. The fraction of sp³-hybridized carbons (Fsp3) is 0.200. The van der Waals surface area contributed by atoms with E-state index in [1.807, 2.05) is 36.4 Å². The molecule has 0 spiro atoms. The SMILES string of the molecule is Cc1c(OCC(F)(F)F)ccnc1CNc1ccc(C2=CC(c3ccccc3O)N=C(N)N2)cc1. The molecule has 0 radical (unpaired) electrons. The van der Waals surface area contributed by atoms with Crippen molar-refractivity contribution in [1.29, 1.82) is 0 Å². The second kappa shape index (κ2) is 9.96. The highest BCUT2D eigenvalue weighted by molar-refractivity contribution is 5.90. The number of para-hydroxylation sites is 1. The predicted octanol–water partition coefficient (Wildman–Crippen LogP) is 4.65. The lowest BCUT2D eigenvalue weighted by Crippen LogP contribution is -2.33. The Labute approximate surface area is 200 Å². The third-order valence-electron chi connectivity index (χ3n) is 5.43. The Bertz CT molecular complexity index is 1260. The first-order valence-electron chi connectivity index (χ1n) is 10.8. The van der Waals surface area contributed by atoms with Gasteiger partial charge in [0.1, 0.15) is 17.5 Å². The van der Waals surface area contributed by atoms with Gasteiger partial charge in [-0.05, 0) is 42.8 Å².